The highest BCUT2D eigenvalue weighted by molar-refractivity contribution is 6.30. The first-order valence-corrected chi connectivity index (χ1v) is 8.45. The fourth-order valence-corrected chi connectivity index (χ4v) is 2.09. The lowest BCUT2D eigenvalue weighted by Gasteiger charge is -2.11. The van der Waals surface area contributed by atoms with E-state index in [2.05, 4.69) is 15.6 Å². The molecule has 0 fully saturated rings. The van der Waals surface area contributed by atoms with Crippen LogP contribution < -0.4 is 10.6 Å². The number of carbonyl (C=O) groups excluding carboxylic acids is 1. The molecule has 1 aromatic rings. The van der Waals surface area contributed by atoms with Crippen molar-refractivity contribution in [1.82, 2.24) is 10.6 Å². The number of aliphatic imine (C=N–C) groups is 1. The molecule has 0 saturated carbocycles. The van der Waals surface area contributed by atoms with Gasteiger partial charge in [0.15, 0.2) is 5.96 Å². The van der Waals surface area contributed by atoms with E-state index in [4.69, 9.17) is 16.3 Å². The van der Waals surface area contributed by atoms with Crippen LogP contribution in [0, 0.1) is 0 Å². The van der Waals surface area contributed by atoms with Crippen molar-refractivity contribution in [2.24, 2.45) is 4.99 Å². The normalized spacial score (nSPS) is 11.2. The second kappa shape index (κ2) is 11.8. The highest BCUT2D eigenvalue weighted by Gasteiger charge is 2.01. The number of halogens is 1. The van der Waals surface area contributed by atoms with E-state index in [0.29, 0.717) is 26.0 Å². The van der Waals surface area contributed by atoms with Crippen LogP contribution in [0.15, 0.2) is 29.3 Å². The minimum atomic E-state index is -0.164. The summed E-state index contributed by atoms with van der Waals surface area (Å²) in [6.45, 7) is 6.43. The first-order chi connectivity index (χ1) is 11.2. The minimum absolute atomic E-state index is 0.164. The van der Waals surface area contributed by atoms with E-state index in [-0.39, 0.29) is 5.97 Å². The van der Waals surface area contributed by atoms with Gasteiger partial charge in [0.1, 0.15) is 0 Å². The largest absolute Gasteiger partial charge is 0.466 e. The number of carbonyl (C=O) groups is 1. The Balaban J connectivity index is 2.31. The van der Waals surface area contributed by atoms with Crippen molar-refractivity contribution in [3.8, 4) is 0 Å². The molecule has 0 saturated heterocycles. The summed E-state index contributed by atoms with van der Waals surface area (Å²) >= 11 is 5.87. The average Bonchev–Trinajstić information content (AvgIpc) is 2.53. The zero-order valence-corrected chi connectivity index (χ0v) is 14.7. The Morgan fingerprint density at radius 3 is 2.61 bits per heavy atom. The van der Waals surface area contributed by atoms with Gasteiger partial charge in [-0.3, -0.25) is 9.79 Å². The van der Waals surface area contributed by atoms with E-state index >= 15 is 0 Å². The fourth-order valence-electron chi connectivity index (χ4n) is 1.97. The summed E-state index contributed by atoms with van der Waals surface area (Å²) in [7, 11) is 0. The van der Waals surface area contributed by atoms with Gasteiger partial charge in [-0.25, -0.2) is 0 Å². The summed E-state index contributed by atoms with van der Waals surface area (Å²) in [5, 5.41) is 7.23. The topological polar surface area (TPSA) is 62.7 Å². The van der Waals surface area contributed by atoms with Gasteiger partial charge >= 0.3 is 5.97 Å². The third kappa shape index (κ3) is 9.08. The number of nitrogens with one attached hydrogen (secondary N) is 2. The van der Waals surface area contributed by atoms with Gasteiger partial charge in [-0.05, 0) is 44.4 Å². The molecule has 0 atom stereocenters. The van der Waals surface area contributed by atoms with Crippen LogP contribution in [0.3, 0.4) is 0 Å². The molecule has 128 valence electrons. The Morgan fingerprint density at radius 2 is 1.96 bits per heavy atom. The zero-order valence-electron chi connectivity index (χ0n) is 13.9. The molecule has 5 nitrogen and oxygen atoms in total. The van der Waals surface area contributed by atoms with E-state index in [1.54, 1.807) is 0 Å². The number of benzene rings is 1. The lowest BCUT2D eigenvalue weighted by molar-refractivity contribution is -0.143. The van der Waals surface area contributed by atoms with Crippen molar-refractivity contribution in [2.75, 3.05) is 26.2 Å². The van der Waals surface area contributed by atoms with Crippen molar-refractivity contribution in [3.63, 3.8) is 0 Å². The molecule has 0 aromatic heterocycles. The SMILES string of the molecule is CCNC(=NCCCC(=O)OCC)NCCc1ccc(Cl)cc1. The first-order valence-electron chi connectivity index (χ1n) is 8.08. The van der Waals surface area contributed by atoms with E-state index in [9.17, 15) is 4.79 Å². The molecule has 0 aliphatic heterocycles. The van der Waals surface area contributed by atoms with Crippen molar-refractivity contribution >= 4 is 23.5 Å². The lowest BCUT2D eigenvalue weighted by atomic mass is 10.1. The number of esters is 1. The van der Waals surface area contributed by atoms with Crippen molar-refractivity contribution in [3.05, 3.63) is 34.9 Å². The van der Waals surface area contributed by atoms with E-state index in [1.807, 2.05) is 38.1 Å². The van der Waals surface area contributed by atoms with Crippen molar-refractivity contribution < 1.29 is 9.53 Å². The van der Waals surface area contributed by atoms with Crippen LogP contribution in [0.2, 0.25) is 5.02 Å². The van der Waals surface area contributed by atoms with Crippen LogP contribution in [0.4, 0.5) is 0 Å². The number of rotatable bonds is 9. The Labute approximate surface area is 143 Å². The van der Waals surface area contributed by atoms with Gasteiger partial charge in [-0.2, -0.15) is 0 Å². The predicted molar refractivity (Wildman–Crippen MR) is 95.0 cm³/mol. The quantitative estimate of drug-likeness (QED) is 0.314. The highest BCUT2D eigenvalue weighted by Crippen LogP contribution is 2.09. The molecule has 0 bridgehead atoms. The fraction of sp³-hybridized carbons (Fsp3) is 0.529. The maximum absolute atomic E-state index is 11.3. The zero-order chi connectivity index (χ0) is 16.9. The van der Waals surface area contributed by atoms with Crippen molar-refractivity contribution in [2.45, 2.75) is 33.1 Å². The number of nitrogens with zero attached hydrogens (tertiary/aromatic N) is 1. The summed E-state index contributed by atoms with van der Waals surface area (Å²) < 4.78 is 4.89. The van der Waals surface area contributed by atoms with Crippen LogP contribution in [-0.4, -0.2) is 38.2 Å². The van der Waals surface area contributed by atoms with Gasteiger partial charge in [0.25, 0.3) is 0 Å². The van der Waals surface area contributed by atoms with Crippen LogP contribution >= 0.6 is 11.6 Å². The maximum Gasteiger partial charge on any atom is 0.305 e. The number of guanidine groups is 1. The molecular formula is C17H26ClN3O2. The Bertz CT molecular complexity index is 489. The summed E-state index contributed by atoms with van der Waals surface area (Å²) in [5.41, 5.74) is 1.22. The number of hydrogen-bond donors (Lipinski definition) is 2. The van der Waals surface area contributed by atoms with Gasteiger partial charge in [-0.15, -0.1) is 0 Å². The highest BCUT2D eigenvalue weighted by atomic mass is 35.5. The second-order valence-electron chi connectivity index (χ2n) is 4.97. The minimum Gasteiger partial charge on any atom is -0.466 e. The van der Waals surface area contributed by atoms with Gasteiger partial charge in [0.2, 0.25) is 0 Å². The molecular weight excluding hydrogens is 314 g/mol. The van der Waals surface area contributed by atoms with Crippen LogP contribution in [-0.2, 0) is 16.0 Å². The summed E-state index contributed by atoms with van der Waals surface area (Å²) in [6, 6.07) is 7.83. The smallest absolute Gasteiger partial charge is 0.305 e. The van der Waals surface area contributed by atoms with Gasteiger partial charge in [0.05, 0.1) is 6.61 Å². The van der Waals surface area contributed by atoms with Crippen LogP contribution in [0.25, 0.3) is 0 Å². The number of hydrogen-bond acceptors (Lipinski definition) is 3. The molecule has 1 rings (SSSR count). The molecule has 1 aromatic carbocycles. The lowest BCUT2D eigenvalue weighted by Crippen LogP contribution is -2.38. The summed E-state index contributed by atoms with van der Waals surface area (Å²) in [4.78, 5) is 15.7. The van der Waals surface area contributed by atoms with Gasteiger partial charge < -0.3 is 15.4 Å². The Kier molecular flexibility index (Phi) is 9.87. The summed E-state index contributed by atoms with van der Waals surface area (Å²) in [6.07, 6.45) is 1.98. The maximum atomic E-state index is 11.3. The van der Waals surface area contributed by atoms with Gasteiger partial charge in [0, 0.05) is 31.1 Å². The van der Waals surface area contributed by atoms with Crippen molar-refractivity contribution in [1.29, 1.82) is 0 Å². The first kappa shape index (κ1) is 19.3. The monoisotopic (exact) mass is 339 g/mol. The Hall–Kier alpha value is -1.75. The predicted octanol–water partition coefficient (Wildman–Crippen LogP) is 2.78. The molecule has 0 amide bonds. The third-order valence-corrected chi connectivity index (χ3v) is 3.33. The molecule has 23 heavy (non-hydrogen) atoms. The number of ether oxygens (including phenoxy) is 1. The second-order valence-corrected chi connectivity index (χ2v) is 5.41. The molecule has 0 spiro atoms. The molecule has 6 heteroatoms. The standard InChI is InChI=1S/C17H26ClN3O2/c1-3-19-17(20-12-5-6-16(22)23-4-2)21-13-11-14-7-9-15(18)10-8-14/h7-10H,3-6,11-13H2,1-2H3,(H2,19,20,21). The van der Waals surface area contributed by atoms with Crippen LogP contribution in [0.5, 0.6) is 0 Å². The third-order valence-electron chi connectivity index (χ3n) is 3.08. The van der Waals surface area contributed by atoms with E-state index in [0.717, 1.165) is 30.5 Å². The van der Waals surface area contributed by atoms with Gasteiger partial charge in [-0.1, -0.05) is 23.7 Å². The van der Waals surface area contributed by atoms with E-state index < -0.39 is 0 Å². The summed E-state index contributed by atoms with van der Waals surface area (Å²) in [5.74, 6) is 0.605. The Morgan fingerprint density at radius 1 is 1.22 bits per heavy atom. The molecule has 0 aliphatic rings. The molecule has 0 radical (unpaired) electrons. The van der Waals surface area contributed by atoms with Crippen LogP contribution in [0.1, 0.15) is 32.3 Å². The molecule has 0 heterocycles. The molecule has 0 aliphatic carbocycles. The van der Waals surface area contributed by atoms with E-state index in [1.165, 1.54) is 5.56 Å². The molecule has 2 N–H and O–H groups in total. The average molecular weight is 340 g/mol. The molecule has 0 unspecified atom stereocenters.